The summed E-state index contributed by atoms with van der Waals surface area (Å²) in [5.74, 6) is 1.11. The summed E-state index contributed by atoms with van der Waals surface area (Å²) in [6, 6.07) is 8.87. The number of anilines is 2. The molecular weight excluding hydrogens is 420 g/mol. The Bertz CT molecular complexity index is 1400. The van der Waals surface area contributed by atoms with Gasteiger partial charge in [-0.3, -0.25) is 4.40 Å². The molecule has 0 aliphatic heterocycles. The van der Waals surface area contributed by atoms with Gasteiger partial charge >= 0.3 is 0 Å². The molecule has 0 amide bonds. The lowest BCUT2D eigenvalue weighted by Crippen LogP contribution is -2.03. The number of imidazole rings is 1. The second-order valence-electron chi connectivity index (χ2n) is 7.69. The van der Waals surface area contributed by atoms with Crippen LogP contribution in [0.15, 0.2) is 48.9 Å². The van der Waals surface area contributed by atoms with Crippen molar-refractivity contribution in [2.24, 2.45) is 0 Å². The first-order valence-electron chi connectivity index (χ1n) is 10.6. The number of benzene rings is 2. The van der Waals surface area contributed by atoms with E-state index in [1.54, 1.807) is 35.9 Å². The summed E-state index contributed by atoms with van der Waals surface area (Å²) in [6.45, 7) is 3.80. The second-order valence-corrected chi connectivity index (χ2v) is 7.69. The predicted octanol–water partition coefficient (Wildman–Crippen LogP) is 5.93. The van der Waals surface area contributed by atoms with Crippen molar-refractivity contribution in [1.29, 1.82) is 5.41 Å². The molecular formula is C26H23F2N5. The Kier molecular flexibility index (Phi) is 6.18. The van der Waals surface area contributed by atoms with Crippen LogP contribution in [0, 0.1) is 29.4 Å². The monoisotopic (exact) mass is 443 g/mol. The molecule has 2 aromatic carbocycles. The molecule has 2 heterocycles. The minimum absolute atomic E-state index is 0.112. The molecule has 0 spiro atoms. The van der Waals surface area contributed by atoms with E-state index in [-0.39, 0.29) is 17.5 Å². The highest BCUT2D eigenvalue weighted by Gasteiger charge is 2.18. The Morgan fingerprint density at radius 1 is 1.15 bits per heavy atom. The van der Waals surface area contributed by atoms with E-state index in [2.05, 4.69) is 21.2 Å². The van der Waals surface area contributed by atoms with Crippen LogP contribution < -0.4 is 5.32 Å². The van der Waals surface area contributed by atoms with E-state index in [1.807, 2.05) is 25.1 Å². The lowest BCUT2D eigenvalue weighted by molar-refractivity contribution is 0.501. The van der Waals surface area contributed by atoms with Gasteiger partial charge in [0.05, 0.1) is 11.9 Å². The van der Waals surface area contributed by atoms with Crippen molar-refractivity contribution in [3.63, 3.8) is 0 Å². The van der Waals surface area contributed by atoms with Crippen molar-refractivity contribution in [2.45, 2.75) is 33.1 Å². The highest BCUT2D eigenvalue weighted by molar-refractivity contribution is 5.98. The second kappa shape index (κ2) is 9.21. The number of rotatable bonds is 7. The van der Waals surface area contributed by atoms with E-state index in [4.69, 9.17) is 11.8 Å². The molecule has 0 fully saturated rings. The van der Waals surface area contributed by atoms with Crippen molar-refractivity contribution in [1.82, 2.24) is 14.4 Å². The van der Waals surface area contributed by atoms with E-state index in [0.29, 0.717) is 29.3 Å². The van der Waals surface area contributed by atoms with Gasteiger partial charge in [0, 0.05) is 35.8 Å². The van der Waals surface area contributed by atoms with Gasteiger partial charge in [-0.15, -0.1) is 12.3 Å². The number of nitrogens with one attached hydrogen (secondary N) is 2. The summed E-state index contributed by atoms with van der Waals surface area (Å²) < 4.78 is 31.2. The number of halogens is 2. The molecule has 33 heavy (non-hydrogen) atoms. The van der Waals surface area contributed by atoms with Gasteiger partial charge in [-0.2, -0.15) is 0 Å². The van der Waals surface area contributed by atoms with Crippen LogP contribution in [-0.2, 0) is 12.8 Å². The van der Waals surface area contributed by atoms with Crippen LogP contribution in [0.3, 0.4) is 0 Å². The number of nitrogens with zero attached hydrogens (tertiary/aromatic N) is 3. The van der Waals surface area contributed by atoms with Gasteiger partial charge in [-0.05, 0) is 54.7 Å². The van der Waals surface area contributed by atoms with Crippen LogP contribution in [0.4, 0.5) is 20.3 Å². The van der Waals surface area contributed by atoms with E-state index < -0.39 is 11.6 Å². The summed E-state index contributed by atoms with van der Waals surface area (Å²) in [7, 11) is 0. The predicted molar refractivity (Wildman–Crippen MR) is 127 cm³/mol. The maximum atomic E-state index is 14.9. The fourth-order valence-corrected chi connectivity index (χ4v) is 3.86. The molecule has 166 valence electrons. The highest BCUT2D eigenvalue weighted by atomic mass is 19.2. The van der Waals surface area contributed by atoms with Crippen molar-refractivity contribution >= 4 is 22.9 Å². The SMILES string of the molecule is C#CCCc1ccc(-c2cnc3c(Nc4ccc(C(C)=N)c(CC)c4)nccn23)c(F)c1F. The fraction of sp³-hybridized carbons (Fsp3) is 0.192. The number of aryl methyl sites for hydroxylation is 2. The van der Waals surface area contributed by atoms with Crippen LogP contribution in [0.2, 0.25) is 0 Å². The zero-order valence-corrected chi connectivity index (χ0v) is 18.4. The Labute approximate surface area is 191 Å². The lowest BCUT2D eigenvalue weighted by Gasteiger charge is -2.12. The van der Waals surface area contributed by atoms with Crippen LogP contribution in [0.1, 0.15) is 37.0 Å². The maximum absolute atomic E-state index is 14.9. The minimum atomic E-state index is -0.928. The number of hydrogen-bond donors (Lipinski definition) is 2. The largest absolute Gasteiger partial charge is 0.337 e. The Morgan fingerprint density at radius 2 is 1.97 bits per heavy atom. The topological polar surface area (TPSA) is 66.1 Å². The van der Waals surface area contributed by atoms with Gasteiger partial charge < -0.3 is 10.7 Å². The third-order valence-corrected chi connectivity index (χ3v) is 5.56. The molecule has 4 aromatic rings. The first-order chi connectivity index (χ1) is 15.9. The normalized spacial score (nSPS) is 10.9. The Balaban J connectivity index is 1.72. The fourth-order valence-electron chi connectivity index (χ4n) is 3.86. The molecule has 0 bridgehead atoms. The van der Waals surface area contributed by atoms with E-state index in [1.165, 1.54) is 6.20 Å². The van der Waals surface area contributed by atoms with Crippen molar-refractivity contribution < 1.29 is 8.78 Å². The summed E-state index contributed by atoms with van der Waals surface area (Å²) in [5, 5.41) is 11.2. The average Bonchev–Trinajstić information content (AvgIpc) is 3.25. The lowest BCUT2D eigenvalue weighted by atomic mass is 10.0. The van der Waals surface area contributed by atoms with Crippen LogP contribution in [-0.4, -0.2) is 20.1 Å². The summed E-state index contributed by atoms with van der Waals surface area (Å²) >= 11 is 0. The molecule has 7 heteroatoms. The van der Waals surface area contributed by atoms with E-state index >= 15 is 0 Å². The highest BCUT2D eigenvalue weighted by Crippen LogP contribution is 2.30. The van der Waals surface area contributed by atoms with Gasteiger partial charge in [0.15, 0.2) is 23.1 Å². The molecule has 0 unspecified atom stereocenters. The standard InChI is InChI=1S/C26H23F2N5/c1-4-6-7-18-8-10-21(24(28)23(18)27)22-15-31-26-25(30-12-13-33(22)26)32-19-9-11-20(16(3)29)17(5-2)14-19/h1,8-15,29H,5-7H2,2-3H3,(H,30,32). The third kappa shape index (κ3) is 4.20. The molecule has 0 radical (unpaired) electrons. The average molecular weight is 444 g/mol. The Morgan fingerprint density at radius 3 is 2.70 bits per heavy atom. The molecule has 0 aliphatic rings. The molecule has 0 atom stereocenters. The molecule has 4 rings (SSSR count). The molecule has 2 N–H and O–H groups in total. The third-order valence-electron chi connectivity index (χ3n) is 5.56. The van der Waals surface area contributed by atoms with E-state index in [9.17, 15) is 8.78 Å². The van der Waals surface area contributed by atoms with Gasteiger partial charge in [0.1, 0.15) is 0 Å². The van der Waals surface area contributed by atoms with Gasteiger partial charge in [0.25, 0.3) is 0 Å². The zero-order chi connectivity index (χ0) is 23.5. The van der Waals surface area contributed by atoms with Crippen LogP contribution in [0.5, 0.6) is 0 Å². The van der Waals surface area contributed by atoms with Gasteiger partial charge in [-0.25, -0.2) is 18.7 Å². The summed E-state index contributed by atoms with van der Waals surface area (Å²) in [5.41, 5.74) is 4.52. The summed E-state index contributed by atoms with van der Waals surface area (Å²) in [6.07, 6.45) is 11.4. The summed E-state index contributed by atoms with van der Waals surface area (Å²) in [4.78, 5) is 8.80. The van der Waals surface area contributed by atoms with Crippen molar-refractivity contribution in [3.05, 3.63) is 77.2 Å². The van der Waals surface area contributed by atoms with Gasteiger partial charge in [0.2, 0.25) is 0 Å². The first kappa shape index (κ1) is 22.2. The smallest absolute Gasteiger partial charge is 0.180 e. The van der Waals surface area contributed by atoms with Crippen molar-refractivity contribution in [3.8, 4) is 23.6 Å². The van der Waals surface area contributed by atoms with Crippen LogP contribution in [0.25, 0.3) is 16.9 Å². The maximum Gasteiger partial charge on any atom is 0.180 e. The first-order valence-corrected chi connectivity index (χ1v) is 10.6. The quantitative estimate of drug-likeness (QED) is 0.275. The van der Waals surface area contributed by atoms with E-state index in [0.717, 1.165) is 23.2 Å². The van der Waals surface area contributed by atoms with Crippen molar-refractivity contribution in [2.75, 3.05) is 5.32 Å². The number of aromatic nitrogens is 3. The molecule has 0 aliphatic carbocycles. The molecule has 5 nitrogen and oxygen atoms in total. The number of terminal acetylenes is 1. The molecule has 2 aromatic heterocycles. The number of hydrogen-bond acceptors (Lipinski definition) is 4. The molecule has 0 saturated carbocycles. The Hall–Kier alpha value is -4.05. The molecule has 0 saturated heterocycles. The van der Waals surface area contributed by atoms with Gasteiger partial charge in [-0.1, -0.05) is 19.1 Å². The van der Waals surface area contributed by atoms with Crippen LogP contribution >= 0.6 is 0 Å². The number of fused-ring (bicyclic) bond motifs is 1. The zero-order valence-electron chi connectivity index (χ0n) is 18.4. The minimum Gasteiger partial charge on any atom is -0.337 e.